The van der Waals surface area contributed by atoms with Crippen LogP contribution < -0.4 is 5.32 Å². The van der Waals surface area contributed by atoms with E-state index in [2.05, 4.69) is 26.0 Å². The first kappa shape index (κ1) is 16.0. The van der Waals surface area contributed by atoms with Crippen molar-refractivity contribution in [3.05, 3.63) is 70.2 Å². The van der Waals surface area contributed by atoms with Crippen molar-refractivity contribution in [2.75, 3.05) is 12.4 Å². The van der Waals surface area contributed by atoms with Crippen molar-refractivity contribution in [2.24, 2.45) is 0 Å². The van der Waals surface area contributed by atoms with Crippen LogP contribution in [-0.4, -0.2) is 19.0 Å². The van der Waals surface area contributed by atoms with E-state index in [0.717, 1.165) is 10.0 Å². The maximum atomic E-state index is 12.0. The van der Waals surface area contributed by atoms with Gasteiger partial charge in [-0.15, -0.1) is 0 Å². The van der Waals surface area contributed by atoms with Crippen LogP contribution in [0.5, 0.6) is 0 Å². The monoisotopic (exact) mass is 359 g/mol. The second-order valence-electron chi connectivity index (χ2n) is 4.41. The first-order valence-corrected chi connectivity index (χ1v) is 7.31. The largest absolute Gasteiger partial charge is 0.465 e. The highest BCUT2D eigenvalue weighted by atomic mass is 79.9. The number of hydrogen-bond donors (Lipinski definition) is 1. The van der Waals surface area contributed by atoms with Gasteiger partial charge in [0.15, 0.2) is 0 Å². The zero-order chi connectivity index (χ0) is 15.9. The molecule has 2 aromatic rings. The number of methoxy groups -OCH3 is 1. The minimum Gasteiger partial charge on any atom is -0.465 e. The molecule has 4 nitrogen and oxygen atoms in total. The Kier molecular flexibility index (Phi) is 5.49. The quantitative estimate of drug-likeness (QED) is 0.665. The second kappa shape index (κ2) is 7.56. The van der Waals surface area contributed by atoms with Crippen LogP contribution in [0.25, 0.3) is 6.08 Å². The molecule has 1 amide bonds. The number of hydrogen-bond acceptors (Lipinski definition) is 3. The number of para-hydroxylation sites is 1. The number of nitrogens with one attached hydrogen (secondary N) is 1. The molecule has 0 atom stereocenters. The summed E-state index contributed by atoms with van der Waals surface area (Å²) in [5.41, 5.74) is 1.63. The zero-order valence-corrected chi connectivity index (χ0v) is 13.5. The molecule has 0 radical (unpaired) electrons. The first-order valence-electron chi connectivity index (χ1n) is 6.52. The smallest absolute Gasteiger partial charge is 0.339 e. The van der Waals surface area contributed by atoms with Crippen LogP contribution in [-0.2, 0) is 9.53 Å². The van der Waals surface area contributed by atoms with Gasteiger partial charge in [-0.05, 0) is 35.9 Å². The van der Waals surface area contributed by atoms with Crippen LogP contribution in [0.4, 0.5) is 5.69 Å². The minimum absolute atomic E-state index is 0.315. The number of ether oxygens (including phenoxy) is 1. The van der Waals surface area contributed by atoms with Crippen LogP contribution >= 0.6 is 15.9 Å². The summed E-state index contributed by atoms with van der Waals surface area (Å²) in [7, 11) is 1.30. The van der Waals surface area contributed by atoms with E-state index in [9.17, 15) is 9.59 Å². The number of anilines is 1. The molecule has 0 saturated carbocycles. The summed E-state index contributed by atoms with van der Waals surface area (Å²) in [5.74, 6) is -0.813. The Balaban J connectivity index is 2.09. The lowest BCUT2D eigenvalue weighted by Gasteiger charge is -2.07. The Labute approximate surface area is 136 Å². The van der Waals surface area contributed by atoms with Gasteiger partial charge in [-0.3, -0.25) is 4.79 Å². The third-order valence-electron chi connectivity index (χ3n) is 2.89. The van der Waals surface area contributed by atoms with E-state index in [1.165, 1.54) is 13.2 Å². The van der Waals surface area contributed by atoms with Crippen molar-refractivity contribution in [1.82, 2.24) is 0 Å². The van der Waals surface area contributed by atoms with Gasteiger partial charge >= 0.3 is 5.97 Å². The van der Waals surface area contributed by atoms with E-state index >= 15 is 0 Å². The van der Waals surface area contributed by atoms with Crippen LogP contribution in [0.15, 0.2) is 59.1 Å². The fourth-order valence-electron chi connectivity index (χ4n) is 1.80. The van der Waals surface area contributed by atoms with Crippen molar-refractivity contribution >= 4 is 39.6 Å². The van der Waals surface area contributed by atoms with Crippen LogP contribution in [0.1, 0.15) is 15.9 Å². The number of carbonyl (C=O) groups excluding carboxylic acids is 2. The van der Waals surface area contributed by atoms with Crippen molar-refractivity contribution in [3.8, 4) is 0 Å². The molecule has 112 valence electrons. The fraction of sp³-hybridized carbons (Fsp3) is 0.0588. The second-order valence-corrected chi connectivity index (χ2v) is 5.33. The Morgan fingerprint density at radius 1 is 1.09 bits per heavy atom. The average molecular weight is 360 g/mol. The molecule has 22 heavy (non-hydrogen) atoms. The van der Waals surface area contributed by atoms with E-state index in [1.54, 1.807) is 30.3 Å². The molecular weight excluding hydrogens is 346 g/mol. The summed E-state index contributed by atoms with van der Waals surface area (Å²) >= 11 is 3.35. The van der Waals surface area contributed by atoms with E-state index in [1.807, 2.05) is 24.3 Å². The van der Waals surface area contributed by atoms with Gasteiger partial charge in [-0.25, -0.2) is 4.79 Å². The molecule has 0 aliphatic carbocycles. The lowest BCUT2D eigenvalue weighted by Crippen LogP contribution is -2.12. The summed E-state index contributed by atoms with van der Waals surface area (Å²) < 4.78 is 5.66. The zero-order valence-electron chi connectivity index (χ0n) is 11.9. The van der Waals surface area contributed by atoms with Gasteiger partial charge < -0.3 is 10.1 Å². The molecule has 0 aliphatic heterocycles. The van der Waals surface area contributed by atoms with Gasteiger partial charge in [-0.1, -0.05) is 40.2 Å². The maximum absolute atomic E-state index is 12.0. The summed E-state index contributed by atoms with van der Waals surface area (Å²) in [6.07, 6.45) is 3.11. The van der Waals surface area contributed by atoms with Gasteiger partial charge in [0.1, 0.15) is 0 Å². The third kappa shape index (κ3) is 4.30. The van der Waals surface area contributed by atoms with Crippen molar-refractivity contribution in [1.29, 1.82) is 0 Å². The Morgan fingerprint density at radius 2 is 1.77 bits per heavy atom. The van der Waals surface area contributed by atoms with E-state index in [-0.39, 0.29) is 5.91 Å². The lowest BCUT2D eigenvalue weighted by atomic mass is 10.1. The third-order valence-corrected chi connectivity index (χ3v) is 3.42. The van der Waals surface area contributed by atoms with E-state index in [0.29, 0.717) is 11.3 Å². The molecule has 2 rings (SSSR count). The molecule has 0 aromatic heterocycles. The van der Waals surface area contributed by atoms with E-state index < -0.39 is 5.97 Å². The highest BCUT2D eigenvalue weighted by molar-refractivity contribution is 9.10. The summed E-state index contributed by atoms with van der Waals surface area (Å²) in [4.78, 5) is 23.6. The molecule has 2 aromatic carbocycles. The molecule has 0 saturated heterocycles. The van der Waals surface area contributed by atoms with Crippen LogP contribution in [0, 0.1) is 0 Å². The molecule has 0 bridgehead atoms. The average Bonchev–Trinajstić information content (AvgIpc) is 2.54. The number of benzene rings is 2. The van der Waals surface area contributed by atoms with Crippen molar-refractivity contribution in [2.45, 2.75) is 0 Å². The number of carbonyl (C=O) groups is 2. The van der Waals surface area contributed by atoms with Crippen LogP contribution in [0.2, 0.25) is 0 Å². The van der Waals surface area contributed by atoms with Crippen molar-refractivity contribution in [3.63, 3.8) is 0 Å². The molecule has 5 heteroatoms. The van der Waals surface area contributed by atoms with Crippen LogP contribution in [0.3, 0.4) is 0 Å². The molecular formula is C17H14BrNO3. The fourth-order valence-corrected chi connectivity index (χ4v) is 2.06. The van der Waals surface area contributed by atoms with Gasteiger partial charge in [0, 0.05) is 10.5 Å². The standard InChI is InChI=1S/C17H14BrNO3/c1-22-17(21)14-4-2-3-5-15(14)19-16(20)11-8-12-6-9-13(18)10-7-12/h2-11H,1H3,(H,19,20). The topological polar surface area (TPSA) is 55.4 Å². The SMILES string of the molecule is COC(=O)c1ccccc1NC(=O)C=Cc1ccc(Br)cc1. The van der Waals surface area contributed by atoms with Crippen molar-refractivity contribution < 1.29 is 14.3 Å². The Bertz CT molecular complexity index is 708. The number of esters is 1. The number of halogens is 1. The molecule has 0 unspecified atom stereocenters. The summed E-state index contributed by atoms with van der Waals surface area (Å²) in [5, 5.41) is 2.67. The molecule has 0 fully saturated rings. The van der Waals surface area contributed by atoms with E-state index in [4.69, 9.17) is 0 Å². The highest BCUT2D eigenvalue weighted by Crippen LogP contribution is 2.16. The number of rotatable bonds is 4. The molecule has 0 aliphatic rings. The minimum atomic E-state index is -0.493. The predicted octanol–water partition coefficient (Wildman–Crippen LogP) is 3.89. The van der Waals surface area contributed by atoms with Gasteiger partial charge in [0.05, 0.1) is 18.4 Å². The first-order chi connectivity index (χ1) is 10.6. The number of amides is 1. The Hall–Kier alpha value is -2.40. The molecule has 1 N–H and O–H groups in total. The summed E-state index contributed by atoms with van der Waals surface area (Å²) in [6, 6.07) is 14.2. The highest BCUT2D eigenvalue weighted by Gasteiger charge is 2.11. The maximum Gasteiger partial charge on any atom is 0.339 e. The predicted molar refractivity (Wildman–Crippen MR) is 89.6 cm³/mol. The van der Waals surface area contributed by atoms with Gasteiger partial charge in [0.2, 0.25) is 5.91 Å². The molecule has 0 spiro atoms. The van der Waals surface area contributed by atoms with Gasteiger partial charge in [0.25, 0.3) is 0 Å². The summed E-state index contributed by atoms with van der Waals surface area (Å²) in [6.45, 7) is 0. The van der Waals surface area contributed by atoms with Gasteiger partial charge in [-0.2, -0.15) is 0 Å². The Morgan fingerprint density at radius 3 is 2.45 bits per heavy atom. The normalized spacial score (nSPS) is 10.5. The molecule has 0 heterocycles. The lowest BCUT2D eigenvalue weighted by molar-refractivity contribution is -0.111.